The van der Waals surface area contributed by atoms with E-state index in [0.717, 1.165) is 9.87 Å². The molecule has 0 unspecified atom stereocenters. The van der Waals surface area contributed by atoms with Crippen molar-refractivity contribution < 1.29 is 32.2 Å². The zero-order valence-corrected chi connectivity index (χ0v) is 28.1. The molecule has 0 saturated carbocycles. The third-order valence-electron chi connectivity index (χ3n) is 7.46. The molecule has 0 radical (unpaired) electrons. The summed E-state index contributed by atoms with van der Waals surface area (Å²) in [6.07, 6.45) is 0.211. The molecule has 4 aromatic rings. The monoisotopic (exact) mass is 659 g/mol. The number of hydrogen-bond acceptors (Lipinski definition) is 7. The highest BCUT2D eigenvalue weighted by Crippen LogP contribution is 2.32. The van der Waals surface area contributed by atoms with Crippen molar-refractivity contribution in [2.75, 3.05) is 32.2 Å². The number of nitrogens with zero attached hydrogens (tertiary/aromatic N) is 2. The first kappa shape index (κ1) is 34.8. The lowest BCUT2D eigenvalue weighted by atomic mass is 10.0. The predicted octanol–water partition coefficient (Wildman–Crippen LogP) is 5.07. The van der Waals surface area contributed by atoms with Crippen LogP contribution in [0.2, 0.25) is 0 Å². The van der Waals surface area contributed by atoms with Crippen molar-refractivity contribution in [2.45, 2.75) is 43.8 Å². The van der Waals surface area contributed by atoms with Gasteiger partial charge in [-0.3, -0.25) is 13.9 Å². The highest BCUT2D eigenvalue weighted by atomic mass is 32.2. The maximum Gasteiger partial charge on any atom is 0.264 e. The Morgan fingerprint density at radius 3 is 2.00 bits per heavy atom. The Bertz CT molecular complexity index is 1750. The number of amides is 2. The molecule has 0 bridgehead atoms. The molecule has 0 spiro atoms. The first-order valence-electron chi connectivity index (χ1n) is 15.1. The number of methoxy groups -OCH3 is 3. The Morgan fingerprint density at radius 2 is 1.38 bits per heavy atom. The molecule has 11 heteroatoms. The first-order chi connectivity index (χ1) is 22.6. The van der Waals surface area contributed by atoms with Gasteiger partial charge in [0.05, 0.1) is 31.9 Å². The van der Waals surface area contributed by atoms with Crippen LogP contribution >= 0.6 is 0 Å². The zero-order valence-electron chi connectivity index (χ0n) is 27.3. The van der Waals surface area contributed by atoms with E-state index in [1.807, 2.05) is 50.2 Å². The minimum Gasteiger partial charge on any atom is -0.497 e. The van der Waals surface area contributed by atoms with Crippen molar-refractivity contribution in [3.8, 4) is 17.2 Å². The normalized spacial score (nSPS) is 11.8. The van der Waals surface area contributed by atoms with E-state index < -0.39 is 28.5 Å². The average Bonchev–Trinajstić information content (AvgIpc) is 3.08. The van der Waals surface area contributed by atoms with E-state index in [2.05, 4.69) is 5.32 Å². The van der Waals surface area contributed by atoms with Crippen molar-refractivity contribution in [2.24, 2.45) is 0 Å². The van der Waals surface area contributed by atoms with Crippen molar-refractivity contribution >= 4 is 27.5 Å². The number of hydrogen-bond donors (Lipinski definition) is 1. The third-order valence-corrected chi connectivity index (χ3v) is 9.22. The maximum absolute atomic E-state index is 14.6. The van der Waals surface area contributed by atoms with Crippen LogP contribution in [0.25, 0.3) is 0 Å². The minimum absolute atomic E-state index is 0.0259. The van der Waals surface area contributed by atoms with Crippen LogP contribution < -0.4 is 23.8 Å². The fourth-order valence-corrected chi connectivity index (χ4v) is 6.56. The number of para-hydroxylation sites is 1. The first-order valence-corrected chi connectivity index (χ1v) is 16.6. The highest BCUT2D eigenvalue weighted by Gasteiger charge is 2.35. The van der Waals surface area contributed by atoms with Gasteiger partial charge in [0.25, 0.3) is 10.0 Å². The molecule has 0 aliphatic carbocycles. The SMILES string of the molecule is COc1cccc(CN(C(=O)CN(c2ccccc2)S(=O)(=O)c2ccc(OC)c(OC)c2)[C@@H](Cc2ccccc2)C(=O)NC(C)C)c1. The van der Waals surface area contributed by atoms with Crippen LogP contribution in [0.5, 0.6) is 17.2 Å². The van der Waals surface area contributed by atoms with Gasteiger partial charge in [-0.15, -0.1) is 0 Å². The molecule has 0 saturated heterocycles. The van der Waals surface area contributed by atoms with Crippen molar-refractivity contribution in [1.29, 1.82) is 0 Å². The molecule has 1 N–H and O–H groups in total. The molecule has 4 aromatic carbocycles. The van der Waals surface area contributed by atoms with Crippen LogP contribution in [-0.2, 0) is 32.6 Å². The summed E-state index contributed by atoms with van der Waals surface area (Å²) in [5, 5.41) is 2.96. The van der Waals surface area contributed by atoms with Gasteiger partial charge >= 0.3 is 0 Å². The molecule has 1 atom stereocenters. The molecule has 0 aliphatic rings. The van der Waals surface area contributed by atoms with Gasteiger partial charge in [0.2, 0.25) is 11.8 Å². The molecule has 10 nitrogen and oxygen atoms in total. The third kappa shape index (κ3) is 8.82. The van der Waals surface area contributed by atoms with Gasteiger partial charge in [-0.25, -0.2) is 8.42 Å². The molecule has 4 rings (SSSR count). The Hall–Kier alpha value is -5.03. The van der Waals surface area contributed by atoms with Gasteiger partial charge in [-0.2, -0.15) is 0 Å². The smallest absolute Gasteiger partial charge is 0.264 e. The second kappa shape index (κ2) is 16.0. The predicted molar refractivity (Wildman–Crippen MR) is 181 cm³/mol. The summed E-state index contributed by atoms with van der Waals surface area (Å²) in [5.74, 6) is 0.247. The van der Waals surface area contributed by atoms with E-state index in [0.29, 0.717) is 17.1 Å². The van der Waals surface area contributed by atoms with Crippen LogP contribution in [0.15, 0.2) is 108 Å². The fraction of sp³-hybridized carbons (Fsp3) is 0.278. The molecule has 47 heavy (non-hydrogen) atoms. The summed E-state index contributed by atoms with van der Waals surface area (Å²) in [4.78, 5) is 29.8. The maximum atomic E-state index is 14.6. The molecule has 248 valence electrons. The molecule has 0 aliphatic heterocycles. The van der Waals surface area contributed by atoms with Gasteiger partial charge in [-0.1, -0.05) is 60.7 Å². The Morgan fingerprint density at radius 1 is 0.745 bits per heavy atom. The van der Waals surface area contributed by atoms with Crippen molar-refractivity contribution in [3.63, 3.8) is 0 Å². The summed E-state index contributed by atoms with van der Waals surface area (Å²) in [6.45, 7) is 3.14. The zero-order chi connectivity index (χ0) is 34.0. The van der Waals surface area contributed by atoms with Gasteiger partial charge < -0.3 is 24.4 Å². The van der Waals surface area contributed by atoms with Crippen molar-refractivity contribution in [1.82, 2.24) is 10.2 Å². The lowest BCUT2D eigenvalue weighted by Crippen LogP contribution is -2.54. The summed E-state index contributed by atoms with van der Waals surface area (Å²) in [7, 11) is 0.103. The van der Waals surface area contributed by atoms with Gasteiger partial charge in [-0.05, 0) is 61.4 Å². The van der Waals surface area contributed by atoms with Crippen LogP contribution in [0.1, 0.15) is 25.0 Å². The number of carbonyl (C=O) groups excluding carboxylic acids is 2. The van der Waals surface area contributed by atoms with E-state index in [9.17, 15) is 18.0 Å². The minimum atomic E-state index is -4.32. The quantitative estimate of drug-likeness (QED) is 0.190. The van der Waals surface area contributed by atoms with E-state index >= 15 is 0 Å². The molecule has 0 heterocycles. The highest BCUT2D eigenvalue weighted by molar-refractivity contribution is 7.92. The Kier molecular flexibility index (Phi) is 11.9. The summed E-state index contributed by atoms with van der Waals surface area (Å²) >= 11 is 0. The molecular formula is C36H41N3O7S. The second-order valence-corrected chi connectivity index (χ2v) is 13.0. The summed E-state index contributed by atoms with van der Waals surface area (Å²) in [5.41, 5.74) is 1.84. The lowest BCUT2D eigenvalue weighted by Gasteiger charge is -2.34. The van der Waals surface area contributed by atoms with Gasteiger partial charge in [0.1, 0.15) is 18.3 Å². The van der Waals surface area contributed by atoms with Crippen LogP contribution in [-0.4, -0.2) is 65.1 Å². The van der Waals surface area contributed by atoms with E-state index in [1.54, 1.807) is 55.6 Å². The van der Waals surface area contributed by atoms with E-state index in [-0.39, 0.29) is 41.2 Å². The summed E-state index contributed by atoms with van der Waals surface area (Å²) in [6, 6.07) is 28.1. The lowest BCUT2D eigenvalue weighted by molar-refractivity contribution is -0.140. The number of rotatable bonds is 15. The molecule has 2 amide bonds. The van der Waals surface area contributed by atoms with Crippen LogP contribution in [0.4, 0.5) is 5.69 Å². The number of anilines is 1. The van der Waals surface area contributed by atoms with E-state index in [1.165, 1.54) is 37.3 Å². The number of ether oxygens (including phenoxy) is 3. The number of sulfonamides is 1. The average molecular weight is 660 g/mol. The largest absolute Gasteiger partial charge is 0.497 e. The fourth-order valence-electron chi connectivity index (χ4n) is 5.13. The number of carbonyl (C=O) groups is 2. The second-order valence-electron chi connectivity index (χ2n) is 11.1. The standard InChI is InChI=1S/C36H41N3O7S/c1-26(2)37-36(41)32(22-27-13-8-6-9-14-27)38(24-28-15-12-18-30(21-28)44-3)35(40)25-39(29-16-10-7-11-17-29)47(42,43)31-19-20-33(45-4)34(23-31)46-5/h6-21,23,26,32H,22,24-25H2,1-5H3,(H,37,41)/t32-/m0/s1. The van der Waals surface area contributed by atoms with Gasteiger partial charge in [0.15, 0.2) is 11.5 Å². The Balaban J connectivity index is 1.82. The Labute approximate surface area is 276 Å². The number of benzene rings is 4. The van der Waals surface area contributed by atoms with Crippen LogP contribution in [0.3, 0.4) is 0 Å². The number of nitrogens with one attached hydrogen (secondary N) is 1. The van der Waals surface area contributed by atoms with Gasteiger partial charge in [0, 0.05) is 25.1 Å². The topological polar surface area (TPSA) is 114 Å². The molecule has 0 aromatic heterocycles. The summed E-state index contributed by atoms with van der Waals surface area (Å²) < 4.78 is 45.7. The molecular weight excluding hydrogens is 618 g/mol. The van der Waals surface area contributed by atoms with E-state index in [4.69, 9.17) is 14.2 Å². The van der Waals surface area contributed by atoms with Crippen molar-refractivity contribution in [3.05, 3.63) is 114 Å². The molecule has 0 fully saturated rings. The van der Waals surface area contributed by atoms with Crippen LogP contribution in [0, 0.1) is 0 Å².